The molecule has 0 saturated carbocycles. The van der Waals surface area contributed by atoms with Gasteiger partial charge in [-0.05, 0) is 54.1 Å². The van der Waals surface area contributed by atoms with Crippen molar-refractivity contribution in [1.82, 2.24) is 0 Å². The van der Waals surface area contributed by atoms with Gasteiger partial charge in [-0.15, -0.1) is 0 Å². The van der Waals surface area contributed by atoms with Crippen molar-refractivity contribution in [2.75, 3.05) is 11.5 Å². The third-order valence-electron chi connectivity index (χ3n) is 2.42. The molecule has 2 heteroatoms. The first kappa shape index (κ1) is 11.8. The van der Waals surface area contributed by atoms with E-state index in [0.29, 0.717) is 0 Å². The molecule has 2 aromatic carbocycles. The molecule has 0 aliphatic rings. The highest BCUT2D eigenvalue weighted by Gasteiger charge is 1.86. The van der Waals surface area contributed by atoms with E-state index in [4.69, 9.17) is 11.5 Å². The Morgan fingerprint density at radius 1 is 0.778 bits per heavy atom. The van der Waals surface area contributed by atoms with Crippen LogP contribution in [-0.4, -0.2) is 0 Å². The van der Waals surface area contributed by atoms with Crippen molar-refractivity contribution in [3.63, 3.8) is 0 Å². The van der Waals surface area contributed by atoms with Gasteiger partial charge < -0.3 is 11.5 Å². The molecular formula is C16H14N2. The van der Waals surface area contributed by atoms with Gasteiger partial charge >= 0.3 is 0 Å². The molecule has 0 aliphatic heterocycles. The molecule has 2 rings (SSSR count). The minimum Gasteiger partial charge on any atom is -0.399 e. The van der Waals surface area contributed by atoms with E-state index in [1.54, 1.807) is 0 Å². The van der Waals surface area contributed by atoms with E-state index in [1.165, 1.54) is 0 Å². The predicted octanol–water partition coefficient (Wildman–Crippen LogP) is 2.92. The van der Waals surface area contributed by atoms with Gasteiger partial charge in [0.05, 0.1) is 0 Å². The largest absolute Gasteiger partial charge is 0.399 e. The minimum atomic E-state index is 0.748. The SMILES string of the molecule is Nc1ccc(C#C/C=C\c2ccc(N)cc2)cc1. The monoisotopic (exact) mass is 234 g/mol. The maximum atomic E-state index is 5.61. The van der Waals surface area contributed by atoms with Crippen LogP contribution in [0.25, 0.3) is 6.08 Å². The number of nitrogen functional groups attached to an aromatic ring is 2. The van der Waals surface area contributed by atoms with Gasteiger partial charge in [-0.25, -0.2) is 0 Å². The van der Waals surface area contributed by atoms with E-state index in [1.807, 2.05) is 60.7 Å². The second-order valence-electron chi connectivity index (χ2n) is 3.89. The lowest BCUT2D eigenvalue weighted by Gasteiger charge is -1.93. The zero-order valence-electron chi connectivity index (χ0n) is 9.93. The molecule has 0 atom stereocenters. The fourth-order valence-electron chi connectivity index (χ4n) is 1.44. The first-order valence-corrected chi connectivity index (χ1v) is 5.63. The number of benzene rings is 2. The third-order valence-corrected chi connectivity index (χ3v) is 2.42. The summed E-state index contributed by atoms with van der Waals surface area (Å²) in [7, 11) is 0. The Kier molecular flexibility index (Phi) is 3.68. The summed E-state index contributed by atoms with van der Waals surface area (Å²) in [4.78, 5) is 0. The van der Waals surface area contributed by atoms with Gasteiger partial charge in [0.15, 0.2) is 0 Å². The summed E-state index contributed by atoms with van der Waals surface area (Å²) in [6, 6.07) is 15.1. The molecule has 2 aromatic rings. The molecule has 0 bridgehead atoms. The Morgan fingerprint density at radius 3 is 1.94 bits per heavy atom. The Balaban J connectivity index is 2.03. The van der Waals surface area contributed by atoms with Gasteiger partial charge in [0.1, 0.15) is 0 Å². The summed E-state index contributed by atoms with van der Waals surface area (Å²) in [5, 5.41) is 0. The van der Waals surface area contributed by atoms with Crippen LogP contribution < -0.4 is 11.5 Å². The number of hydrogen-bond acceptors (Lipinski definition) is 2. The van der Waals surface area contributed by atoms with Crippen LogP contribution in [0.3, 0.4) is 0 Å². The molecule has 0 radical (unpaired) electrons. The average molecular weight is 234 g/mol. The Bertz CT molecular complexity index is 596. The molecule has 0 heterocycles. The minimum absolute atomic E-state index is 0.748. The first-order chi connectivity index (χ1) is 8.74. The van der Waals surface area contributed by atoms with E-state index in [-0.39, 0.29) is 0 Å². The first-order valence-electron chi connectivity index (χ1n) is 5.63. The lowest BCUT2D eigenvalue weighted by Crippen LogP contribution is -1.83. The molecule has 0 aliphatic carbocycles. The smallest absolute Gasteiger partial charge is 0.0314 e. The number of nitrogens with two attached hydrogens (primary N) is 2. The highest BCUT2D eigenvalue weighted by atomic mass is 14.5. The van der Waals surface area contributed by atoms with Gasteiger partial charge in [-0.2, -0.15) is 0 Å². The standard InChI is InChI=1S/C16H14N2/c17-15-9-5-13(6-10-15)3-1-2-4-14-7-11-16(18)12-8-14/h1,3,5-12H,17-18H2/b3-1-. The quantitative estimate of drug-likeness (QED) is 0.589. The van der Waals surface area contributed by atoms with E-state index >= 15 is 0 Å². The molecule has 2 nitrogen and oxygen atoms in total. The molecule has 18 heavy (non-hydrogen) atoms. The van der Waals surface area contributed by atoms with Crippen molar-refractivity contribution >= 4 is 17.5 Å². The molecular weight excluding hydrogens is 220 g/mol. The normalized spacial score (nSPS) is 10.0. The van der Waals surface area contributed by atoms with Crippen LogP contribution >= 0.6 is 0 Å². The number of allylic oxidation sites excluding steroid dienone is 1. The summed E-state index contributed by atoms with van der Waals surface area (Å²) in [6.07, 6.45) is 3.77. The maximum Gasteiger partial charge on any atom is 0.0314 e. The summed E-state index contributed by atoms with van der Waals surface area (Å²) in [5.74, 6) is 6.02. The summed E-state index contributed by atoms with van der Waals surface area (Å²) in [6.45, 7) is 0. The maximum absolute atomic E-state index is 5.61. The van der Waals surface area contributed by atoms with Crippen molar-refractivity contribution < 1.29 is 0 Å². The summed E-state index contributed by atoms with van der Waals surface area (Å²) in [5.41, 5.74) is 14.7. The van der Waals surface area contributed by atoms with E-state index in [0.717, 1.165) is 22.5 Å². The zero-order chi connectivity index (χ0) is 12.8. The Hall–Kier alpha value is -2.66. The van der Waals surface area contributed by atoms with Crippen LogP contribution in [-0.2, 0) is 0 Å². The van der Waals surface area contributed by atoms with Crippen molar-refractivity contribution in [3.8, 4) is 11.8 Å². The summed E-state index contributed by atoms with van der Waals surface area (Å²) < 4.78 is 0. The highest BCUT2D eigenvalue weighted by molar-refractivity contribution is 5.56. The molecule has 88 valence electrons. The Morgan fingerprint density at radius 2 is 1.33 bits per heavy atom. The molecule has 0 spiro atoms. The van der Waals surface area contributed by atoms with Gasteiger partial charge in [-0.3, -0.25) is 0 Å². The van der Waals surface area contributed by atoms with Crippen molar-refractivity contribution in [2.24, 2.45) is 0 Å². The lowest BCUT2D eigenvalue weighted by molar-refractivity contribution is 1.63. The number of anilines is 2. The molecule has 0 saturated heterocycles. The number of rotatable bonds is 1. The molecule has 0 unspecified atom stereocenters. The zero-order valence-corrected chi connectivity index (χ0v) is 9.93. The van der Waals surface area contributed by atoms with Gasteiger partial charge in [0.2, 0.25) is 0 Å². The third kappa shape index (κ3) is 3.43. The van der Waals surface area contributed by atoms with Crippen LogP contribution in [0.2, 0.25) is 0 Å². The van der Waals surface area contributed by atoms with Crippen molar-refractivity contribution in [3.05, 3.63) is 65.7 Å². The van der Waals surface area contributed by atoms with E-state index in [2.05, 4.69) is 11.8 Å². The molecule has 0 aromatic heterocycles. The van der Waals surface area contributed by atoms with Crippen LogP contribution in [0.15, 0.2) is 54.6 Å². The second-order valence-corrected chi connectivity index (χ2v) is 3.89. The molecule has 0 fully saturated rings. The van der Waals surface area contributed by atoms with Crippen LogP contribution in [0, 0.1) is 11.8 Å². The highest BCUT2D eigenvalue weighted by Crippen LogP contribution is 2.07. The lowest BCUT2D eigenvalue weighted by atomic mass is 10.2. The average Bonchev–Trinajstić information content (AvgIpc) is 2.39. The van der Waals surface area contributed by atoms with E-state index in [9.17, 15) is 0 Å². The predicted molar refractivity (Wildman–Crippen MR) is 77.6 cm³/mol. The fraction of sp³-hybridized carbons (Fsp3) is 0. The van der Waals surface area contributed by atoms with Crippen LogP contribution in [0.5, 0.6) is 0 Å². The second kappa shape index (κ2) is 5.60. The topological polar surface area (TPSA) is 52.0 Å². The molecule has 4 N–H and O–H groups in total. The van der Waals surface area contributed by atoms with E-state index < -0.39 is 0 Å². The fourth-order valence-corrected chi connectivity index (χ4v) is 1.44. The van der Waals surface area contributed by atoms with Crippen molar-refractivity contribution in [1.29, 1.82) is 0 Å². The van der Waals surface area contributed by atoms with Gasteiger partial charge in [-0.1, -0.05) is 24.0 Å². The summed E-state index contributed by atoms with van der Waals surface area (Å²) >= 11 is 0. The van der Waals surface area contributed by atoms with Crippen LogP contribution in [0.1, 0.15) is 11.1 Å². The Labute approximate surface area is 107 Å². The molecule has 0 amide bonds. The van der Waals surface area contributed by atoms with Gasteiger partial charge in [0, 0.05) is 16.9 Å². The van der Waals surface area contributed by atoms with Crippen molar-refractivity contribution in [2.45, 2.75) is 0 Å². The van der Waals surface area contributed by atoms with Gasteiger partial charge in [0.25, 0.3) is 0 Å². The number of hydrogen-bond donors (Lipinski definition) is 2. The van der Waals surface area contributed by atoms with Crippen LogP contribution in [0.4, 0.5) is 11.4 Å².